The van der Waals surface area contributed by atoms with Gasteiger partial charge in [-0.2, -0.15) is 0 Å². The van der Waals surface area contributed by atoms with Crippen LogP contribution in [0.15, 0.2) is 95.9 Å². The first-order chi connectivity index (χ1) is 16.2. The number of benzene rings is 4. The van der Waals surface area contributed by atoms with Gasteiger partial charge in [-0.05, 0) is 66.9 Å². The molecule has 0 aromatic heterocycles. The monoisotopic (exact) mass is 490 g/mol. The van der Waals surface area contributed by atoms with E-state index in [4.69, 9.17) is 11.6 Å². The van der Waals surface area contributed by atoms with Crippen LogP contribution >= 0.6 is 11.6 Å². The maximum absolute atomic E-state index is 13.1. The maximum Gasteiger partial charge on any atom is 0.263 e. The second-order valence-corrected chi connectivity index (χ2v) is 10.1. The fourth-order valence-corrected chi connectivity index (χ4v) is 5.32. The molecule has 0 unspecified atom stereocenters. The van der Waals surface area contributed by atoms with E-state index in [0.29, 0.717) is 11.4 Å². The highest BCUT2D eigenvalue weighted by atomic mass is 35.5. The van der Waals surface area contributed by atoms with Crippen LogP contribution in [0.5, 0.6) is 0 Å². The van der Waals surface area contributed by atoms with E-state index in [-0.39, 0.29) is 15.5 Å². The van der Waals surface area contributed by atoms with E-state index < -0.39 is 15.9 Å². The molecule has 0 saturated carbocycles. The van der Waals surface area contributed by atoms with E-state index in [1.807, 2.05) is 68.4 Å². The number of amides is 1. The summed E-state index contributed by atoms with van der Waals surface area (Å²) in [5.74, 6) is -0.442. The third-order valence-electron chi connectivity index (χ3n) is 5.22. The first-order valence-corrected chi connectivity index (χ1v) is 12.5. The summed E-state index contributed by atoms with van der Waals surface area (Å²) in [6.45, 7) is 3.77. The zero-order valence-electron chi connectivity index (χ0n) is 18.7. The maximum atomic E-state index is 13.1. The molecule has 4 aromatic rings. The van der Waals surface area contributed by atoms with Crippen LogP contribution in [0.4, 0.5) is 11.4 Å². The molecular weight excluding hydrogens is 468 g/mol. The Labute approximate surface area is 204 Å². The number of nitrogens with one attached hydrogen (secondary N) is 2. The van der Waals surface area contributed by atoms with E-state index in [0.717, 1.165) is 22.3 Å². The molecule has 0 aliphatic rings. The van der Waals surface area contributed by atoms with Crippen LogP contribution in [0, 0.1) is 13.8 Å². The van der Waals surface area contributed by atoms with Crippen LogP contribution in [0.2, 0.25) is 5.02 Å². The predicted molar refractivity (Wildman–Crippen MR) is 138 cm³/mol. The van der Waals surface area contributed by atoms with Crippen molar-refractivity contribution in [3.05, 3.63) is 113 Å². The highest BCUT2D eigenvalue weighted by Gasteiger charge is 2.21. The first kappa shape index (κ1) is 23.5. The number of anilines is 2. The molecule has 0 aliphatic carbocycles. The lowest BCUT2D eigenvalue weighted by Crippen LogP contribution is -2.17. The highest BCUT2D eigenvalue weighted by molar-refractivity contribution is 7.92. The van der Waals surface area contributed by atoms with Crippen molar-refractivity contribution in [2.45, 2.75) is 18.7 Å². The zero-order chi connectivity index (χ0) is 24.3. The lowest BCUT2D eigenvalue weighted by atomic mass is 10.0. The van der Waals surface area contributed by atoms with Gasteiger partial charge in [0.25, 0.3) is 15.9 Å². The average Bonchev–Trinajstić information content (AvgIpc) is 2.79. The Morgan fingerprint density at radius 1 is 0.794 bits per heavy atom. The first-order valence-electron chi connectivity index (χ1n) is 10.6. The lowest BCUT2D eigenvalue weighted by Gasteiger charge is -2.14. The van der Waals surface area contributed by atoms with Gasteiger partial charge in [-0.25, -0.2) is 8.42 Å². The van der Waals surface area contributed by atoms with Gasteiger partial charge in [0.2, 0.25) is 0 Å². The summed E-state index contributed by atoms with van der Waals surface area (Å²) >= 11 is 6.23. The molecule has 0 spiro atoms. The predicted octanol–water partition coefficient (Wildman–Crippen LogP) is 6.68. The number of halogens is 1. The van der Waals surface area contributed by atoms with Crippen LogP contribution in [-0.2, 0) is 10.0 Å². The molecule has 0 atom stereocenters. The Balaban J connectivity index is 1.63. The Hall–Kier alpha value is -3.61. The molecule has 2 N–H and O–H groups in total. The summed E-state index contributed by atoms with van der Waals surface area (Å²) in [6.07, 6.45) is 0. The van der Waals surface area contributed by atoms with Crippen LogP contribution in [0.3, 0.4) is 0 Å². The van der Waals surface area contributed by atoms with Crippen LogP contribution in [0.25, 0.3) is 11.1 Å². The van der Waals surface area contributed by atoms with Gasteiger partial charge < -0.3 is 5.32 Å². The minimum Gasteiger partial charge on any atom is -0.321 e. The smallest absolute Gasteiger partial charge is 0.263 e. The molecule has 0 fully saturated rings. The molecule has 5 nitrogen and oxygen atoms in total. The van der Waals surface area contributed by atoms with E-state index in [1.165, 1.54) is 18.2 Å². The number of carbonyl (C=O) groups excluding carboxylic acids is 1. The second kappa shape index (κ2) is 9.71. The highest BCUT2D eigenvalue weighted by Crippen LogP contribution is 2.29. The fourth-order valence-electron chi connectivity index (χ4n) is 3.75. The Bertz CT molecular complexity index is 1450. The molecule has 0 radical (unpaired) electrons. The number of para-hydroxylation sites is 1. The van der Waals surface area contributed by atoms with Gasteiger partial charge >= 0.3 is 0 Å². The summed E-state index contributed by atoms with van der Waals surface area (Å²) in [5, 5.41) is 2.92. The van der Waals surface area contributed by atoms with Crippen molar-refractivity contribution in [2.75, 3.05) is 10.0 Å². The van der Waals surface area contributed by atoms with Crippen molar-refractivity contribution < 1.29 is 13.2 Å². The number of rotatable bonds is 6. The fraction of sp³-hybridized carbons (Fsp3) is 0.0741. The van der Waals surface area contributed by atoms with Crippen molar-refractivity contribution in [1.29, 1.82) is 0 Å². The molecule has 0 saturated heterocycles. The molecule has 4 rings (SSSR count). The lowest BCUT2D eigenvalue weighted by molar-refractivity contribution is 0.102. The summed E-state index contributed by atoms with van der Waals surface area (Å²) in [4.78, 5) is 12.9. The molecule has 172 valence electrons. The Morgan fingerprint density at radius 2 is 1.44 bits per heavy atom. The third kappa shape index (κ3) is 5.30. The molecule has 0 bridgehead atoms. The SMILES string of the molecule is Cc1cc(C)cc(NS(=O)(=O)c2cc(C(=O)Nc3ccccc3-c3ccccc3)ccc2Cl)c1. The number of aryl methyl sites for hydroxylation is 2. The van der Waals surface area contributed by atoms with Crippen molar-refractivity contribution >= 4 is 38.9 Å². The number of hydrogen-bond acceptors (Lipinski definition) is 3. The van der Waals surface area contributed by atoms with Gasteiger partial charge in [0, 0.05) is 22.5 Å². The van der Waals surface area contributed by atoms with Crippen molar-refractivity contribution in [1.82, 2.24) is 0 Å². The molecule has 4 aromatic carbocycles. The summed E-state index contributed by atoms with van der Waals surface area (Å²) < 4.78 is 28.7. The zero-order valence-corrected chi connectivity index (χ0v) is 20.2. The third-order valence-corrected chi connectivity index (χ3v) is 7.08. The van der Waals surface area contributed by atoms with Crippen LogP contribution in [0.1, 0.15) is 21.5 Å². The Morgan fingerprint density at radius 3 is 2.15 bits per heavy atom. The minimum atomic E-state index is -4.02. The quantitative estimate of drug-likeness (QED) is 0.316. The summed E-state index contributed by atoms with van der Waals surface area (Å²) in [5.41, 5.74) is 4.88. The topological polar surface area (TPSA) is 75.3 Å². The average molecular weight is 491 g/mol. The number of hydrogen-bond donors (Lipinski definition) is 2. The minimum absolute atomic E-state index is 0.0260. The van der Waals surface area contributed by atoms with Crippen LogP contribution in [-0.4, -0.2) is 14.3 Å². The number of sulfonamides is 1. The van der Waals surface area contributed by atoms with E-state index in [2.05, 4.69) is 10.0 Å². The summed E-state index contributed by atoms with van der Waals surface area (Å²) in [7, 11) is -4.02. The largest absolute Gasteiger partial charge is 0.321 e. The van der Waals surface area contributed by atoms with Gasteiger partial charge in [-0.1, -0.05) is 66.2 Å². The van der Waals surface area contributed by atoms with E-state index >= 15 is 0 Å². The van der Waals surface area contributed by atoms with Gasteiger partial charge in [-0.3, -0.25) is 9.52 Å². The molecule has 34 heavy (non-hydrogen) atoms. The molecule has 7 heteroatoms. The number of carbonyl (C=O) groups is 1. The molecule has 0 heterocycles. The van der Waals surface area contributed by atoms with Crippen LogP contribution < -0.4 is 10.0 Å². The van der Waals surface area contributed by atoms with Gasteiger partial charge in [0.05, 0.1) is 5.02 Å². The van der Waals surface area contributed by atoms with E-state index in [1.54, 1.807) is 18.2 Å². The second-order valence-electron chi connectivity index (χ2n) is 7.99. The van der Waals surface area contributed by atoms with Gasteiger partial charge in [-0.15, -0.1) is 0 Å². The standard InChI is InChI=1S/C27H23ClN2O3S/c1-18-14-19(2)16-22(15-18)30-34(32,33)26-17-21(12-13-24(26)28)27(31)29-25-11-7-6-10-23(25)20-8-4-3-5-9-20/h3-17,30H,1-2H3,(H,29,31). The van der Waals surface area contributed by atoms with Gasteiger partial charge in [0.15, 0.2) is 0 Å². The summed E-state index contributed by atoms with van der Waals surface area (Å²) in [6, 6.07) is 26.7. The molecule has 1 amide bonds. The normalized spacial score (nSPS) is 11.1. The molecule has 0 aliphatic heterocycles. The van der Waals surface area contributed by atoms with Crippen molar-refractivity contribution in [2.24, 2.45) is 0 Å². The molecular formula is C27H23ClN2O3S. The Kier molecular flexibility index (Phi) is 6.72. The van der Waals surface area contributed by atoms with Crippen molar-refractivity contribution in [3.8, 4) is 11.1 Å². The van der Waals surface area contributed by atoms with Gasteiger partial charge in [0.1, 0.15) is 4.90 Å². The van der Waals surface area contributed by atoms with E-state index in [9.17, 15) is 13.2 Å². The van der Waals surface area contributed by atoms with Crippen molar-refractivity contribution in [3.63, 3.8) is 0 Å².